The fourth-order valence-electron chi connectivity index (χ4n) is 3.48. The molecule has 3 aromatic heterocycles. The third kappa shape index (κ3) is 4.13. The average Bonchev–Trinajstić information content (AvgIpc) is 3.47. The Morgan fingerprint density at radius 3 is 2.65 bits per heavy atom. The molecule has 0 bridgehead atoms. The molecule has 0 atom stereocenters. The van der Waals surface area contributed by atoms with Gasteiger partial charge in [-0.15, -0.1) is 10.2 Å². The molecule has 0 saturated heterocycles. The van der Waals surface area contributed by atoms with Gasteiger partial charge < -0.3 is 14.8 Å². The van der Waals surface area contributed by atoms with Crippen molar-refractivity contribution in [1.82, 2.24) is 24.2 Å². The normalized spacial score (nSPS) is 11.1. The average molecular weight is 479 g/mol. The number of benzene rings is 2. The maximum Gasteiger partial charge on any atom is 0.234 e. The van der Waals surface area contributed by atoms with Crippen LogP contribution in [0.15, 0.2) is 66.1 Å². The Morgan fingerprint density at radius 2 is 1.88 bits per heavy atom. The largest absolute Gasteiger partial charge is 0.497 e. The van der Waals surface area contributed by atoms with Crippen molar-refractivity contribution in [1.29, 1.82) is 0 Å². The van der Waals surface area contributed by atoms with Crippen LogP contribution >= 0.6 is 11.8 Å². The van der Waals surface area contributed by atoms with Crippen LogP contribution in [0, 0.1) is 5.82 Å². The number of nitrogens with zero attached hydrogens (tertiary/aromatic N) is 5. The second-order valence-corrected chi connectivity index (χ2v) is 8.19. The van der Waals surface area contributed by atoms with Crippen molar-refractivity contribution in [3.63, 3.8) is 0 Å². The number of nitrogens with one attached hydrogen (secondary N) is 1. The molecule has 0 spiro atoms. The fourth-order valence-corrected chi connectivity index (χ4v) is 4.20. The van der Waals surface area contributed by atoms with Gasteiger partial charge in [0.25, 0.3) is 0 Å². The monoisotopic (exact) mass is 478 g/mol. The van der Waals surface area contributed by atoms with E-state index in [-0.39, 0.29) is 17.5 Å². The molecule has 0 saturated carbocycles. The SMILES string of the molecule is COc1ccc(OC)c(NC(=O)CSc2nnc3c4cc(-c5ccc(F)cc5)nn4ccn23)c1. The lowest BCUT2D eigenvalue weighted by molar-refractivity contribution is -0.113. The van der Waals surface area contributed by atoms with Crippen LogP contribution in [0.5, 0.6) is 11.5 Å². The molecule has 0 aliphatic heterocycles. The summed E-state index contributed by atoms with van der Waals surface area (Å²) < 4.78 is 27.3. The molecule has 1 amide bonds. The molecule has 5 rings (SSSR count). The highest BCUT2D eigenvalue weighted by atomic mass is 32.2. The first-order valence-corrected chi connectivity index (χ1v) is 11.2. The summed E-state index contributed by atoms with van der Waals surface area (Å²) in [6, 6.07) is 13.2. The fraction of sp³-hybridized carbons (Fsp3) is 0.130. The van der Waals surface area contributed by atoms with Crippen molar-refractivity contribution in [2.24, 2.45) is 0 Å². The van der Waals surface area contributed by atoms with Crippen molar-refractivity contribution in [3.05, 3.63) is 66.7 Å². The molecule has 34 heavy (non-hydrogen) atoms. The molecule has 9 nitrogen and oxygen atoms in total. The Bertz CT molecular complexity index is 1500. The second-order valence-electron chi connectivity index (χ2n) is 7.24. The highest BCUT2D eigenvalue weighted by Gasteiger charge is 2.15. The Balaban J connectivity index is 1.35. The van der Waals surface area contributed by atoms with Crippen LogP contribution < -0.4 is 14.8 Å². The summed E-state index contributed by atoms with van der Waals surface area (Å²) in [4.78, 5) is 12.6. The van der Waals surface area contributed by atoms with E-state index in [2.05, 4.69) is 20.6 Å². The number of fused-ring (bicyclic) bond motifs is 3. The predicted octanol–water partition coefficient (Wildman–Crippen LogP) is 3.93. The summed E-state index contributed by atoms with van der Waals surface area (Å²) >= 11 is 1.25. The lowest BCUT2D eigenvalue weighted by atomic mass is 10.1. The first kappa shape index (κ1) is 21.7. The van der Waals surface area contributed by atoms with Crippen LogP contribution in [0.25, 0.3) is 22.4 Å². The molecule has 0 aliphatic rings. The summed E-state index contributed by atoms with van der Waals surface area (Å²) in [5.41, 5.74) is 3.35. The standard InChI is InChI=1S/C23H19FN6O3S/c1-32-16-7-8-20(33-2)18(11-16)25-21(31)13-34-23-27-26-22-19-12-17(14-3-5-15(24)6-4-14)28-30(19)10-9-29(22)23/h3-12H,13H2,1-2H3,(H,25,31). The highest BCUT2D eigenvalue weighted by Crippen LogP contribution is 2.29. The van der Waals surface area contributed by atoms with Gasteiger partial charge in [-0.25, -0.2) is 8.91 Å². The van der Waals surface area contributed by atoms with Crippen LogP contribution in [0.2, 0.25) is 0 Å². The second kappa shape index (κ2) is 9.02. The van der Waals surface area contributed by atoms with Gasteiger partial charge >= 0.3 is 0 Å². The van der Waals surface area contributed by atoms with Gasteiger partial charge in [-0.05, 0) is 42.5 Å². The van der Waals surface area contributed by atoms with E-state index in [1.807, 2.05) is 6.07 Å². The van der Waals surface area contributed by atoms with Gasteiger partial charge in [0.1, 0.15) is 22.8 Å². The van der Waals surface area contributed by atoms with Crippen molar-refractivity contribution in [2.75, 3.05) is 25.3 Å². The van der Waals surface area contributed by atoms with Crippen molar-refractivity contribution >= 4 is 34.5 Å². The van der Waals surface area contributed by atoms with Crippen LogP contribution in [-0.4, -0.2) is 50.1 Å². The molecule has 0 aliphatic carbocycles. The summed E-state index contributed by atoms with van der Waals surface area (Å²) in [5, 5.41) is 16.5. The number of hydrogen-bond donors (Lipinski definition) is 1. The van der Waals surface area contributed by atoms with E-state index < -0.39 is 0 Å². The number of ether oxygens (including phenoxy) is 2. The quantitative estimate of drug-likeness (QED) is 0.354. The molecule has 0 radical (unpaired) electrons. The zero-order valence-electron chi connectivity index (χ0n) is 18.2. The number of carbonyl (C=O) groups excluding carboxylic acids is 1. The number of rotatable bonds is 7. The van der Waals surface area contributed by atoms with E-state index in [9.17, 15) is 9.18 Å². The van der Waals surface area contributed by atoms with Gasteiger partial charge in [-0.1, -0.05) is 11.8 Å². The van der Waals surface area contributed by atoms with E-state index in [0.717, 1.165) is 11.1 Å². The topological polar surface area (TPSA) is 95.0 Å². The summed E-state index contributed by atoms with van der Waals surface area (Å²) in [6.07, 6.45) is 3.57. The molecule has 3 heterocycles. The van der Waals surface area contributed by atoms with Crippen molar-refractivity contribution < 1.29 is 18.7 Å². The van der Waals surface area contributed by atoms with Gasteiger partial charge in [0.15, 0.2) is 10.8 Å². The van der Waals surface area contributed by atoms with E-state index >= 15 is 0 Å². The maximum absolute atomic E-state index is 13.3. The number of aromatic nitrogens is 5. The first-order valence-electron chi connectivity index (χ1n) is 10.2. The zero-order chi connectivity index (χ0) is 23.7. The number of amides is 1. The van der Waals surface area contributed by atoms with Gasteiger partial charge in [-0.2, -0.15) is 5.10 Å². The first-order chi connectivity index (χ1) is 16.6. The van der Waals surface area contributed by atoms with Crippen LogP contribution in [0.3, 0.4) is 0 Å². The van der Waals surface area contributed by atoms with Gasteiger partial charge in [-0.3, -0.25) is 9.20 Å². The van der Waals surface area contributed by atoms with E-state index in [4.69, 9.17) is 9.47 Å². The van der Waals surface area contributed by atoms with Gasteiger partial charge in [0, 0.05) is 24.0 Å². The summed E-state index contributed by atoms with van der Waals surface area (Å²) in [7, 11) is 3.09. The number of methoxy groups -OCH3 is 2. The summed E-state index contributed by atoms with van der Waals surface area (Å²) in [5.74, 6) is 0.733. The lowest BCUT2D eigenvalue weighted by Gasteiger charge is -2.11. The zero-order valence-corrected chi connectivity index (χ0v) is 19.0. The van der Waals surface area contributed by atoms with Crippen LogP contribution in [0.4, 0.5) is 10.1 Å². The Hall–Kier alpha value is -4.12. The van der Waals surface area contributed by atoms with Crippen LogP contribution in [-0.2, 0) is 4.79 Å². The Kier molecular flexibility index (Phi) is 5.76. The minimum atomic E-state index is -0.303. The molecule has 172 valence electrons. The third-order valence-corrected chi connectivity index (χ3v) is 6.08. The lowest BCUT2D eigenvalue weighted by Crippen LogP contribution is -2.15. The molecular formula is C23H19FN6O3S. The van der Waals surface area contributed by atoms with E-state index in [0.29, 0.717) is 33.7 Å². The molecule has 5 aromatic rings. The van der Waals surface area contributed by atoms with Gasteiger partial charge in [0.2, 0.25) is 5.91 Å². The van der Waals surface area contributed by atoms with Crippen molar-refractivity contribution in [3.8, 4) is 22.8 Å². The maximum atomic E-state index is 13.3. The number of carbonyl (C=O) groups is 1. The number of halogens is 1. The number of hydrogen-bond acceptors (Lipinski definition) is 7. The highest BCUT2D eigenvalue weighted by molar-refractivity contribution is 7.99. The third-order valence-electron chi connectivity index (χ3n) is 5.14. The minimum Gasteiger partial charge on any atom is -0.497 e. The van der Waals surface area contributed by atoms with E-state index in [1.54, 1.807) is 58.8 Å². The molecule has 1 N–H and O–H groups in total. The molecule has 2 aromatic carbocycles. The Morgan fingerprint density at radius 1 is 1.06 bits per heavy atom. The minimum absolute atomic E-state index is 0.117. The number of thioether (sulfide) groups is 1. The van der Waals surface area contributed by atoms with E-state index in [1.165, 1.54) is 31.0 Å². The summed E-state index contributed by atoms with van der Waals surface area (Å²) in [6.45, 7) is 0. The molecule has 0 unspecified atom stereocenters. The van der Waals surface area contributed by atoms with Crippen molar-refractivity contribution in [2.45, 2.75) is 5.16 Å². The smallest absolute Gasteiger partial charge is 0.234 e. The molecule has 0 fully saturated rings. The van der Waals surface area contributed by atoms with Crippen LogP contribution in [0.1, 0.15) is 0 Å². The molecular weight excluding hydrogens is 459 g/mol. The number of anilines is 1. The van der Waals surface area contributed by atoms with Gasteiger partial charge in [0.05, 0.1) is 31.4 Å². The molecule has 11 heteroatoms. The predicted molar refractivity (Wildman–Crippen MR) is 126 cm³/mol. The Labute approximate surface area is 197 Å².